The van der Waals surface area contributed by atoms with Gasteiger partial charge < -0.3 is 14.8 Å². The lowest BCUT2D eigenvalue weighted by Crippen LogP contribution is -2.46. The molecule has 0 aliphatic heterocycles. The van der Waals surface area contributed by atoms with Crippen LogP contribution in [0.4, 0.5) is 0 Å². The Morgan fingerprint density at radius 1 is 0.913 bits per heavy atom. The Kier molecular flexibility index (Phi) is 10.6. The summed E-state index contributed by atoms with van der Waals surface area (Å²) in [5.74, 6) is -1.67. The second kappa shape index (κ2) is 12.0. The normalized spacial score (nSPS) is 14.4. The predicted molar refractivity (Wildman–Crippen MR) is 87.2 cm³/mol. The number of amides is 1. The molecule has 1 amide bonds. The number of hydrogen-bond acceptors (Lipinski definition) is 5. The Balaban J connectivity index is 4.77. The number of carbonyl (C=O) groups excluding carboxylic acids is 3. The van der Waals surface area contributed by atoms with E-state index >= 15 is 0 Å². The lowest BCUT2D eigenvalue weighted by Gasteiger charge is -2.23. The molecule has 0 spiro atoms. The summed E-state index contributed by atoms with van der Waals surface area (Å²) in [5, 5.41) is 2.46. The quantitative estimate of drug-likeness (QED) is 0.321. The molecular formula is C17H23NO5. The first kappa shape index (κ1) is 20.4. The van der Waals surface area contributed by atoms with Crippen molar-refractivity contribution in [2.45, 2.75) is 40.0 Å². The average Bonchev–Trinajstić information content (AvgIpc) is 2.46. The fourth-order valence-corrected chi connectivity index (χ4v) is 1.39. The van der Waals surface area contributed by atoms with Gasteiger partial charge in [0.15, 0.2) is 6.10 Å². The van der Waals surface area contributed by atoms with E-state index in [1.165, 1.54) is 38.2 Å². The Bertz CT molecular complexity index is 517. The predicted octanol–water partition coefficient (Wildman–Crippen LogP) is 2.19. The van der Waals surface area contributed by atoms with E-state index in [2.05, 4.69) is 5.32 Å². The average molecular weight is 321 g/mol. The SMILES string of the molecule is C/C=C/C=C/C(=O)NC(OC(C)=O)[C@@H](C)OC(=O)/C=C/C=C/C. The van der Waals surface area contributed by atoms with Gasteiger partial charge in [-0.1, -0.05) is 36.5 Å². The number of nitrogens with one attached hydrogen (secondary N) is 1. The lowest BCUT2D eigenvalue weighted by atomic mass is 10.3. The summed E-state index contributed by atoms with van der Waals surface area (Å²) in [5.41, 5.74) is 0. The van der Waals surface area contributed by atoms with Crippen LogP contribution in [0.3, 0.4) is 0 Å². The maximum absolute atomic E-state index is 11.7. The summed E-state index contributed by atoms with van der Waals surface area (Å²) in [6.07, 6.45) is 10.5. The molecule has 0 saturated heterocycles. The Morgan fingerprint density at radius 2 is 1.48 bits per heavy atom. The number of ether oxygens (including phenoxy) is 2. The Morgan fingerprint density at radius 3 is 2.00 bits per heavy atom. The van der Waals surface area contributed by atoms with Gasteiger partial charge in [-0.25, -0.2) is 4.79 Å². The highest BCUT2D eigenvalue weighted by molar-refractivity contribution is 5.88. The van der Waals surface area contributed by atoms with E-state index in [1.54, 1.807) is 24.3 Å². The van der Waals surface area contributed by atoms with Crippen molar-refractivity contribution in [3.05, 3.63) is 48.6 Å². The summed E-state index contributed by atoms with van der Waals surface area (Å²) < 4.78 is 10.1. The van der Waals surface area contributed by atoms with Crippen LogP contribution < -0.4 is 5.32 Å². The molecule has 0 aromatic carbocycles. The molecule has 1 unspecified atom stereocenters. The van der Waals surface area contributed by atoms with E-state index in [-0.39, 0.29) is 0 Å². The molecule has 0 aliphatic carbocycles. The molecule has 0 saturated carbocycles. The van der Waals surface area contributed by atoms with Gasteiger partial charge in [0.2, 0.25) is 12.1 Å². The van der Waals surface area contributed by atoms with Crippen molar-refractivity contribution >= 4 is 17.8 Å². The first-order valence-electron chi connectivity index (χ1n) is 7.17. The second-order valence-electron chi connectivity index (χ2n) is 4.45. The van der Waals surface area contributed by atoms with E-state index in [9.17, 15) is 14.4 Å². The highest BCUT2D eigenvalue weighted by Gasteiger charge is 2.24. The molecule has 6 heteroatoms. The van der Waals surface area contributed by atoms with Crippen molar-refractivity contribution in [1.29, 1.82) is 0 Å². The maximum atomic E-state index is 11.7. The molecule has 0 bridgehead atoms. The Hall–Kier alpha value is -2.63. The van der Waals surface area contributed by atoms with Gasteiger partial charge in [-0.05, 0) is 20.8 Å². The van der Waals surface area contributed by atoms with Crippen molar-refractivity contribution in [1.82, 2.24) is 5.32 Å². The summed E-state index contributed by atoms with van der Waals surface area (Å²) in [4.78, 5) is 34.5. The number of carbonyl (C=O) groups is 3. The van der Waals surface area contributed by atoms with Gasteiger partial charge in [0, 0.05) is 19.1 Å². The first-order chi connectivity index (χ1) is 10.9. The molecule has 0 rings (SSSR count). The second-order valence-corrected chi connectivity index (χ2v) is 4.45. The van der Waals surface area contributed by atoms with Gasteiger partial charge in [0.05, 0.1) is 0 Å². The third kappa shape index (κ3) is 10.7. The van der Waals surface area contributed by atoms with Crippen molar-refractivity contribution < 1.29 is 23.9 Å². The highest BCUT2D eigenvalue weighted by atomic mass is 16.6. The van der Waals surface area contributed by atoms with E-state index in [0.29, 0.717) is 0 Å². The van der Waals surface area contributed by atoms with Crippen LogP contribution in [0.2, 0.25) is 0 Å². The number of allylic oxidation sites excluding steroid dienone is 6. The summed E-state index contributed by atoms with van der Waals surface area (Å²) in [7, 11) is 0. The molecule has 23 heavy (non-hydrogen) atoms. The minimum Gasteiger partial charge on any atom is -0.453 e. The molecule has 2 atom stereocenters. The molecule has 0 heterocycles. The van der Waals surface area contributed by atoms with Crippen LogP contribution in [0.5, 0.6) is 0 Å². The van der Waals surface area contributed by atoms with E-state index in [1.807, 2.05) is 13.8 Å². The topological polar surface area (TPSA) is 81.7 Å². The third-order valence-corrected chi connectivity index (χ3v) is 2.39. The molecule has 6 nitrogen and oxygen atoms in total. The molecule has 0 radical (unpaired) electrons. The lowest BCUT2D eigenvalue weighted by molar-refractivity contribution is -0.166. The molecule has 1 N–H and O–H groups in total. The summed E-state index contributed by atoms with van der Waals surface area (Å²) >= 11 is 0. The van der Waals surface area contributed by atoms with E-state index in [0.717, 1.165) is 0 Å². The molecule has 126 valence electrons. The summed E-state index contributed by atoms with van der Waals surface area (Å²) in [6.45, 7) is 6.35. The van der Waals surface area contributed by atoms with Crippen molar-refractivity contribution in [3.63, 3.8) is 0 Å². The standard InChI is InChI=1S/C17H23NO5/c1-5-7-9-11-15(20)18-17(23-14(4)19)13(3)22-16(21)12-10-8-6-2/h5-13,17H,1-4H3,(H,18,20)/b7-5+,8-6+,11-9+,12-10+/t13-,17?/m1/s1. The van der Waals surface area contributed by atoms with Crippen LogP contribution in [0.15, 0.2) is 48.6 Å². The highest BCUT2D eigenvalue weighted by Crippen LogP contribution is 2.03. The van der Waals surface area contributed by atoms with Gasteiger partial charge in [-0.15, -0.1) is 0 Å². The van der Waals surface area contributed by atoms with E-state index < -0.39 is 30.2 Å². The van der Waals surface area contributed by atoms with Crippen LogP contribution in [0.1, 0.15) is 27.7 Å². The first-order valence-corrected chi connectivity index (χ1v) is 7.17. The fourth-order valence-electron chi connectivity index (χ4n) is 1.39. The summed E-state index contributed by atoms with van der Waals surface area (Å²) in [6, 6.07) is 0. The van der Waals surface area contributed by atoms with Crippen LogP contribution in [0, 0.1) is 0 Å². The smallest absolute Gasteiger partial charge is 0.331 e. The Labute approximate surface area is 136 Å². The zero-order valence-electron chi connectivity index (χ0n) is 13.8. The minimum absolute atomic E-state index is 0.471. The van der Waals surface area contributed by atoms with Crippen molar-refractivity contribution in [3.8, 4) is 0 Å². The number of esters is 2. The molecule has 0 fully saturated rings. The van der Waals surface area contributed by atoms with Crippen molar-refractivity contribution in [2.24, 2.45) is 0 Å². The zero-order valence-corrected chi connectivity index (χ0v) is 13.8. The van der Waals surface area contributed by atoms with Crippen LogP contribution in [-0.2, 0) is 23.9 Å². The van der Waals surface area contributed by atoms with Crippen LogP contribution in [-0.4, -0.2) is 30.2 Å². The molecule has 0 aromatic rings. The van der Waals surface area contributed by atoms with Gasteiger partial charge in [0.1, 0.15) is 0 Å². The largest absolute Gasteiger partial charge is 0.453 e. The van der Waals surface area contributed by atoms with Gasteiger partial charge >= 0.3 is 11.9 Å². The monoisotopic (exact) mass is 321 g/mol. The molecular weight excluding hydrogens is 298 g/mol. The van der Waals surface area contributed by atoms with Crippen LogP contribution >= 0.6 is 0 Å². The fraction of sp³-hybridized carbons (Fsp3) is 0.353. The molecule has 0 aliphatic rings. The van der Waals surface area contributed by atoms with Crippen molar-refractivity contribution in [2.75, 3.05) is 0 Å². The van der Waals surface area contributed by atoms with Gasteiger partial charge in [-0.3, -0.25) is 9.59 Å². The number of hydrogen-bond donors (Lipinski definition) is 1. The van der Waals surface area contributed by atoms with Gasteiger partial charge in [0.25, 0.3) is 0 Å². The van der Waals surface area contributed by atoms with Gasteiger partial charge in [-0.2, -0.15) is 0 Å². The van der Waals surface area contributed by atoms with Crippen LogP contribution in [0.25, 0.3) is 0 Å². The van der Waals surface area contributed by atoms with E-state index in [4.69, 9.17) is 9.47 Å². The third-order valence-electron chi connectivity index (χ3n) is 2.39. The molecule has 0 aromatic heterocycles. The zero-order chi connectivity index (χ0) is 17.7. The number of rotatable bonds is 8. The minimum atomic E-state index is -1.07. The maximum Gasteiger partial charge on any atom is 0.331 e.